The average molecular weight is 331 g/mol. The summed E-state index contributed by atoms with van der Waals surface area (Å²) in [6.45, 7) is 1.69. The molecule has 2 N–H and O–H groups in total. The van der Waals surface area contributed by atoms with E-state index in [-0.39, 0.29) is 18.6 Å². The average Bonchev–Trinajstić information content (AvgIpc) is 2.68. The zero-order valence-corrected chi connectivity index (χ0v) is 14.1. The lowest BCUT2D eigenvalue weighted by Gasteiger charge is -2.14. The molecule has 0 aromatic heterocycles. The van der Waals surface area contributed by atoms with E-state index in [0.717, 1.165) is 22.3 Å². The topological polar surface area (TPSA) is 49.3 Å². The second-order valence-corrected chi connectivity index (χ2v) is 6.05. The van der Waals surface area contributed by atoms with E-state index in [4.69, 9.17) is 5.11 Å². The summed E-state index contributed by atoms with van der Waals surface area (Å²) in [5.41, 5.74) is 4.84. The second kappa shape index (κ2) is 7.77. The van der Waals surface area contributed by atoms with Gasteiger partial charge in [-0.1, -0.05) is 66.7 Å². The van der Waals surface area contributed by atoms with E-state index in [1.807, 2.05) is 66.7 Å². The van der Waals surface area contributed by atoms with Crippen LogP contribution in [-0.4, -0.2) is 23.7 Å². The van der Waals surface area contributed by atoms with Crippen LogP contribution >= 0.6 is 0 Å². The molecule has 3 aromatic carbocycles. The zero-order valence-electron chi connectivity index (χ0n) is 14.1. The number of carbonyl (C=O) groups excluding carboxylic acids is 1. The fraction of sp³-hybridized carbons (Fsp3) is 0.136. The number of nitrogens with one attached hydrogen (secondary N) is 1. The van der Waals surface area contributed by atoms with Crippen molar-refractivity contribution in [1.29, 1.82) is 0 Å². The first kappa shape index (κ1) is 16.9. The Morgan fingerprint density at radius 2 is 1.44 bits per heavy atom. The van der Waals surface area contributed by atoms with Gasteiger partial charge < -0.3 is 10.4 Å². The molecule has 0 saturated carbocycles. The summed E-state index contributed by atoms with van der Waals surface area (Å²) in [6, 6.07) is 25.6. The summed E-state index contributed by atoms with van der Waals surface area (Å²) in [5.74, 6) is -0.182. The van der Waals surface area contributed by atoms with Crippen molar-refractivity contribution in [2.45, 2.75) is 13.0 Å². The predicted octanol–water partition coefficient (Wildman–Crippen LogP) is 4.13. The number of aliphatic hydroxyl groups is 1. The van der Waals surface area contributed by atoms with E-state index in [9.17, 15) is 4.79 Å². The third kappa shape index (κ3) is 3.95. The number of benzene rings is 3. The molecule has 1 atom stereocenters. The molecule has 3 heteroatoms. The Balaban J connectivity index is 2.07. The van der Waals surface area contributed by atoms with Gasteiger partial charge in [0.1, 0.15) is 0 Å². The number of hydrogen-bond donors (Lipinski definition) is 2. The van der Waals surface area contributed by atoms with Crippen molar-refractivity contribution in [1.82, 2.24) is 5.32 Å². The van der Waals surface area contributed by atoms with E-state index < -0.39 is 0 Å². The third-order valence-electron chi connectivity index (χ3n) is 4.10. The van der Waals surface area contributed by atoms with E-state index in [0.29, 0.717) is 5.56 Å². The molecule has 0 aliphatic carbocycles. The Bertz CT molecular complexity index is 844. The molecule has 0 heterocycles. The lowest BCUT2D eigenvalue weighted by atomic mass is 9.92. The first-order valence-corrected chi connectivity index (χ1v) is 8.35. The first-order valence-electron chi connectivity index (χ1n) is 8.35. The van der Waals surface area contributed by atoms with Crippen LogP contribution in [0.4, 0.5) is 0 Å². The van der Waals surface area contributed by atoms with Gasteiger partial charge in [0.2, 0.25) is 0 Å². The van der Waals surface area contributed by atoms with E-state index in [1.165, 1.54) is 0 Å². The van der Waals surface area contributed by atoms with Crippen LogP contribution in [0.1, 0.15) is 17.3 Å². The van der Waals surface area contributed by atoms with Gasteiger partial charge in [-0.15, -0.1) is 0 Å². The van der Waals surface area contributed by atoms with Crippen molar-refractivity contribution < 1.29 is 9.90 Å². The highest BCUT2D eigenvalue weighted by Gasteiger charge is 2.13. The summed E-state index contributed by atoms with van der Waals surface area (Å²) >= 11 is 0. The third-order valence-corrected chi connectivity index (χ3v) is 4.10. The molecule has 0 spiro atoms. The fourth-order valence-electron chi connectivity index (χ4n) is 2.76. The van der Waals surface area contributed by atoms with Gasteiger partial charge in [0.05, 0.1) is 6.61 Å². The quantitative estimate of drug-likeness (QED) is 0.738. The molecule has 0 aliphatic rings. The lowest BCUT2D eigenvalue weighted by Crippen LogP contribution is -2.34. The minimum absolute atomic E-state index is 0.0839. The highest BCUT2D eigenvalue weighted by atomic mass is 16.3. The molecule has 1 amide bonds. The van der Waals surface area contributed by atoms with Crippen LogP contribution in [0.3, 0.4) is 0 Å². The van der Waals surface area contributed by atoms with Gasteiger partial charge >= 0.3 is 0 Å². The Hall–Kier alpha value is -2.91. The summed E-state index contributed by atoms with van der Waals surface area (Å²) in [6.07, 6.45) is 0. The Morgan fingerprint density at radius 3 is 2.00 bits per heavy atom. The van der Waals surface area contributed by atoms with Crippen LogP contribution in [0.2, 0.25) is 0 Å². The van der Waals surface area contributed by atoms with E-state index in [2.05, 4.69) is 17.4 Å². The molecular weight excluding hydrogens is 310 g/mol. The number of hydrogen-bond acceptors (Lipinski definition) is 2. The Labute approximate surface area is 148 Å². The molecule has 126 valence electrons. The van der Waals surface area contributed by atoms with Gasteiger partial charge in [0.15, 0.2) is 0 Å². The van der Waals surface area contributed by atoms with Crippen LogP contribution in [0.15, 0.2) is 78.9 Å². The van der Waals surface area contributed by atoms with Crippen LogP contribution in [0.25, 0.3) is 22.3 Å². The standard InChI is InChI=1S/C22H21NO2/c1-16(15-24)23-22(25)19-12-13-20(17-8-4-2-5-9-17)21(14-19)18-10-6-3-7-11-18/h2-14,16,24H,15H2,1H3,(H,23,25)/t16-/m0/s1. The monoisotopic (exact) mass is 331 g/mol. The Kier molecular flexibility index (Phi) is 5.26. The maximum atomic E-state index is 12.4. The van der Waals surface area contributed by atoms with Gasteiger partial charge in [0.25, 0.3) is 5.91 Å². The van der Waals surface area contributed by atoms with Crippen molar-refractivity contribution in [2.75, 3.05) is 6.61 Å². The van der Waals surface area contributed by atoms with Crippen molar-refractivity contribution in [3.8, 4) is 22.3 Å². The van der Waals surface area contributed by atoms with Crippen LogP contribution in [0.5, 0.6) is 0 Å². The number of rotatable bonds is 5. The van der Waals surface area contributed by atoms with E-state index >= 15 is 0 Å². The predicted molar refractivity (Wildman–Crippen MR) is 101 cm³/mol. The molecule has 3 rings (SSSR count). The first-order chi connectivity index (χ1) is 12.2. The highest BCUT2D eigenvalue weighted by molar-refractivity contribution is 5.97. The van der Waals surface area contributed by atoms with Gasteiger partial charge in [-0.2, -0.15) is 0 Å². The maximum absolute atomic E-state index is 12.4. The van der Waals surface area contributed by atoms with E-state index in [1.54, 1.807) is 6.92 Å². The molecule has 0 fully saturated rings. The molecule has 3 aromatic rings. The van der Waals surface area contributed by atoms with Crippen molar-refractivity contribution in [3.05, 3.63) is 84.4 Å². The second-order valence-electron chi connectivity index (χ2n) is 6.05. The molecule has 3 nitrogen and oxygen atoms in total. The molecule has 0 bridgehead atoms. The highest BCUT2D eigenvalue weighted by Crippen LogP contribution is 2.32. The molecule has 0 saturated heterocycles. The minimum Gasteiger partial charge on any atom is -0.394 e. The normalized spacial score (nSPS) is 11.8. The minimum atomic E-state index is -0.276. The molecular formula is C22H21NO2. The number of carbonyl (C=O) groups is 1. The van der Waals surface area contributed by atoms with Gasteiger partial charge in [0, 0.05) is 11.6 Å². The maximum Gasteiger partial charge on any atom is 0.251 e. The van der Waals surface area contributed by atoms with Crippen molar-refractivity contribution in [3.63, 3.8) is 0 Å². The number of aliphatic hydroxyl groups excluding tert-OH is 1. The van der Waals surface area contributed by atoms with Gasteiger partial charge in [-0.25, -0.2) is 0 Å². The van der Waals surface area contributed by atoms with Crippen molar-refractivity contribution in [2.24, 2.45) is 0 Å². The van der Waals surface area contributed by atoms with Crippen LogP contribution < -0.4 is 5.32 Å². The Morgan fingerprint density at radius 1 is 0.880 bits per heavy atom. The fourth-order valence-corrected chi connectivity index (χ4v) is 2.76. The summed E-state index contributed by atoms with van der Waals surface area (Å²) in [7, 11) is 0. The zero-order chi connectivity index (χ0) is 17.6. The summed E-state index contributed by atoms with van der Waals surface area (Å²) in [5, 5.41) is 11.9. The molecule has 0 aliphatic heterocycles. The summed E-state index contributed by atoms with van der Waals surface area (Å²) < 4.78 is 0. The van der Waals surface area contributed by atoms with Crippen LogP contribution in [0, 0.1) is 0 Å². The smallest absolute Gasteiger partial charge is 0.251 e. The van der Waals surface area contributed by atoms with Gasteiger partial charge in [-0.3, -0.25) is 4.79 Å². The largest absolute Gasteiger partial charge is 0.394 e. The van der Waals surface area contributed by atoms with Crippen molar-refractivity contribution >= 4 is 5.91 Å². The molecule has 25 heavy (non-hydrogen) atoms. The molecule has 0 unspecified atom stereocenters. The summed E-state index contributed by atoms with van der Waals surface area (Å²) in [4.78, 5) is 12.4. The number of amides is 1. The van der Waals surface area contributed by atoms with Crippen LogP contribution in [-0.2, 0) is 0 Å². The lowest BCUT2D eigenvalue weighted by molar-refractivity contribution is 0.0922. The molecule has 0 radical (unpaired) electrons. The van der Waals surface area contributed by atoms with Gasteiger partial charge in [-0.05, 0) is 41.3 Å². The SMILES string of the molecule is C[C@@H](CO)NC(=O)c1ccc(-c2ccccc2)c(-c2ccccc2)c1.